The van der Waals surface area contributed by atoms with Crippen LogP contribution in [0.5, 0.6) is 5.75 Å². The first-order valence-corrected chi connectivity index (χ1v) is 9.97. The molecule has 0 aliphatic heterocycles. The predicted molar refractivity (Wildman–Crippen MR) is 86.7 cm³/mol. The molecule has 0 heterocycles. The third-order valence-electron chi connectivity index (χ3n) is 2.34. The first kappa shape index (κ1) is 16.0. The van der Waals surface area contributed by atoms with E-state index in [1.165, 1.54) is 6.08 Å². The number of benzene rings is 1. The Morgan fingerprint density at radius 2 is 2.00 bits per heavy atom. The highest BCUT2D eigenvalue weighted by Gasteiger charge is 2.06. The van der Waals surface area contributed by atoms with Gasteiger partial charge in [-0.1, -0.05) is 49.8 Å². The maximum Gasteiger partial charge on any atom is 0.185 e. The van der Waals surface area contributed by atoms with Crippen LogP contribution in [0.25, 0.3) is 0 Å². The largest absolute Gasteiger partial charge is 0.497 e. The van der Waals surface area contributed by atoms with Crippen LogP contribution in [0.15, 0.2) is 48.6 Å². The molecule has 0 aromatic heterocycles. The number of hydrogen-bond donors (Lipinski definition) is 0. The number of carbonyl (C=O) groups excluding carboxylic acids is 1. The lowest BCUT2D eigenvalue weighted by Crippen LogP contribution is -2.16. The van der Waals surface area contributed by atoms with Gasteiger partial charge in [0.15, 0.2) is 5.78 Å². The molecule has 104 valence electrons. The van der Waals surface area contributed by atoms with E-state index in [4.69, 9.17) is 4.74 Å². The van der Waals surface area contributed by atoms with Crippen molar-refractivity contribution in [2.75, 3.05) is 7.11 Å². The quantitative estimate of drug-likeness (QED) is 0.276. The second kappa shape index (κ2) is 7.52. The van der Waals surface area contributed by atoms with Crippen molar-refractivity contribution in [3.63, 3.8) is 0 Å². The van der Waals surface area contributed by atoms with Gasteiger partial charge in [-0.3, -0.25) is 4.79 Å². The molecule has 0 aliphatic rings. The highest BCUT2D eigenvalue weighted by atomic mass is 28.3. The standard InChI is InChI=1S/C17H20O2Si/c1-19-16-11-9-10-15(14-16)17(18)12-7-5-6-8-13-20(2,3)4/h5-7,9-12,14H,1-4H3/b6-5+,12-7+. The molecule has 0 unspecified atom stereocenters. The minimum absolute atomic E-state index is 0.0493. The molecule has 0 saturated carbocycles. The Balaban J connectivity index is 2.63. The van der Waals surface area contributed by atoms with Crippen molar-refractivity contribution in [1.29, 1.82) is 0 Å². The maximum atomic E-state index is 11.9. The summed E-state index contributed by atoms with van der Waals surface area (Å²) >= 11 is 0. The number of methoxy groups -OCH3 is 1. The van der Waals surface area contributed by atoms with Gasteiger partial charge in [-0.25, -0.2) is 0 Å². The lowest BCUT2D eigenvalue weighted by molar-refractivity contribution is 0.104. The molecule has 1 aromatic rings. The number of carbonyl (C=O) groups is 1. The number of ketones is 1. The lowest BCUT2D eigenvalue weighted by Gasteiger charge is -2.01. The van der Waals surface area contributed by atoms with Crippen molar-refractivity contribution in [1.82, 2.24) is 0 Å². The highest BCUT2D eigenvalue weighted by molar-refractivity contribution is 6.83. The van der Waals surface area contributed by atoms with E-state index in [1.54, 1.807) is 43.5 Å². The van der Waals surface area contributed by atoms with Gasteiger partial charge in [-0.15, -0.1) is 5.54 Å². The molecule has 0 fully saturated rings. The van der Waals surface area contributed by atoms with E-state index in [1.807, 2.05) is 6.07 Å². The van der Waals surface area contributed by atoms with Crippen LogP contribution < -0.4 is 4.74 Å². The summed E-state index contributed by atoms with van der Waals surface area (Å²) in [4.78, 5) is 11.9. The molecule has 0 aliphatic carbocycles. The Bertz CT molecular complexity index is 581. The van der Waals surface area contributed by atoms with Gasteiger partial charge in [0.05, 0.1) is 7.11 Å². The molecule has 1 rings (SSSR count). The van der Waals surface area contributed by atoms with Crippen LogP contribution in [0, 0.1) is 11.5 Å². The fourth-order valence-electron chi connectivity index (χ4n) is 1.38. The van der Waals surface area contributed by atoms with Gasteiger partial charge in [0.2, 0.25) is 0 Å². The molecule has 3 heteroatoms. The number of hydrogen-bond acceptors (Lipinski definition) is 2. The molecular weight excluding hydrogens is 264 g/mol. The van der Waals surface area contributed by atoms with E-state index < -0.39 is 8.07 Å². The van der Waals surface area contributed by atoms with Crippen LogP contribution in [0.2, 0.25) is 19.6 Å². The molecule has 0 saturated heterocycles. The average molecular weight is 284 g/mol. The SMILES string of the molecule is COc1cccc(C(=O)/C=C/C=C/C#C[Si](C)(C)C)c1. The van der Waals surface area contributed by atoms with E-state index in [-0.39, 0.29) is 5.78 Å². The zero-order valence-corrected chi connectivity index (χ0v) is 13.4. The fourth-order valence-corrected chi connectivity index (χ4v) is 1.89. The van der Waals surface area contributed by atoms with E-state index in [0.29, 0.717) is 11.3 Å². The molecule has 0 N–H and O–H groups in total. The molecule has 1 aromatic carbocycles. The average Bonchev–Trinajstić information content (AvgIpc) is 2.41. The zero-order chi connectivity index (χ0) is 15.0. The third-order valence-corrected chi connectivity index (χ3v) is 3.23. The molecule has 0 bridgehead atoms. The summed E-state index contributed by atoms with van der Waals surface area (Å²) in [5.41, 5.74) is 3.84. The minimum atomic E-state index is -1.32. The van der Waals surface area contributed by atoms with Crippen LogP contribution in [0.4, 0.5) is 0 Å². The van der Waals surface area contributed by atoms with Gasteiger partial charge in [0.25, 0.3) is 0 Å². The topological polar surface area (TPSA) is 26.3 Å². The first-order chi connectivity index (χ1) is 9.42. The van der Waals surface area contributed by atoms with Crippen LogP contribution in [-0.2, 0) is 0 Å². The second-order valence-corrected chi connectivity index (χ2v) is 10.1. The fraction of sp³-hybridized carbons (Fsp3) is 0.235. The smallest absolute Gasteiger partial charge is 0.185 e. The molecule has 20 heavy (non-hydrogen) atoms. The predicted octanol–water partition coefficient (Wildman–Crippen LogP) is 3.87. The van der Waals surface area contributed by atoms with Crippen molar-refractivity contribution in [2.45, 2.75) is 19.6 Å². The molecule has 0 spiro atoms. The first-order valence-electron chi connectivity index (χ1n) is 6.47. The van der Waals surface area contributed by atoms with Gasteiger partial charge in [0, 0.05) is 5.56 Å². The molecule has 0 radical (unpaired) electrons. The Labute approximate surface area is 122 Å². The van der Waals surface area contributed by atoms with Gasteiger partial charge in [-0.2, -0.15) is 0 Å². The van der Waals surface area contributed by atoms with E-state index >= 15 is 0 Å². The van der Waals surface area contributed by atoms with Crippen LogP contribution >= 0.6 is 0 Å². The summed E-state index contributed by atoms with van der Waals surface area (Å²) in [6, 6.07) is 7.10. The summed E-state index contributed by atoms with van der Waals surface area (Å²) < 4.78 is 5.09. The summed E-state index contributed by atoms with van der Waals surface area (Å²) in [6.45, 7) is 6.57. The molecule has 2 nitrogen and oxygen atoms in total. The van der Waals surface area contributed by atoms with Gasteiger partial charge in [-0.05, 0) is 24.3 Å². The van der Waals surface area contributed by atoms with Crippen LogP contribution in [0.1, 0.15) is 10.4 Å². The summed E-state index contributed by atoms with van der Waals surface area (Å²) in [5.74, 6) is 3.64. The molecule has 0 amide bonds. The van der Waals surface area contributed by atoms with Crippen molar-refractivity contribution in [3.8, 4) is 17.2 Å². The van der Waals surface area contributed by atoms with Crippen molar-refractivity contribution < 1.29 is 9.53 Å². The number of ether oxygens (including phenoxy) is 1. The van der Waals surface area contributed by atoms with Crippen molar-refractivity contribution in [3.05, 3.63) is 54.1 Å². The van der Waals surface area contributed by atoms with Gasteiger partial charge < -0.3 is 4.74 Å². The maximum absolute atomic E-state index is 11.9. The van der Waals surface area contributed by atoms with Crippen LogP contribution in [-0.4, -0.2) is 21.0 Å². The second-order valence-electron chi connectivity index (χ2n) is 5.33. The normalized spacial score (nSPS) is 11.4. The summed E-state index contributed by atoms with van der Waals surface area (Å²) in [6.07, 6.45) is 6.79. The lowest BCUT2D eigenvalue weighted by atomic mass is 10.1. The summed E-state index contributed by atoms with van der Waals surface area (Å²) in [7, 11) is 0.263. The molecule has 0 atom stereocenters. The van der Waals surface area contributed by atoms with Gasteiger partial charge in [0.1, 0.15) is 13.8 Å². The van der Waals surface area contributed by atoms with Gasteiger partial charge >= 0.3 is 0 Å². The summed E-state index contributed by atoms with van der Waals surface area (Å²) in [5, 5.41) is 0. The highest BCUT2D eigenvalue weighted by Crippen LogP contribution is 2.13. The Hall–Kier alpha value is -2.05. The number of allylic oxidation sites excluding steroid dienone is 4. The van der Waals surface area contributed by atoms with Crippen molar-refractivity contribution >= 4 is 13.9 Å². The number of rotatable bonds is 4. The third kappa shape index (κ3) is 6.21. The van der Waals surface area contributed by atoms with Crippen molar-refractivity contribution in [2.24, 2.45) is 0 Å². The Morgan fingerprint density at radius 3 is 2.65 bits per heavy atom. The van der Waals surface area contributed by atoms with E-state index in [9.17, 15) is 4.79 Å². The van der Waals surface area contributed by atoms with E-state index in [2.05, 4.69) is 31.1 Å². The Kier molecular flexibility index (Phi) is 6.01. The molecular formula is C17H20O2Si. The van der Waals surface area contributed by atoms with Crippen LogP contribution in [0.3, 0.4) is 0 Å². The van der Waals surface area contributed by atoms with E-state index in [0.717, 1.165) is 0 Å². The Morgan fingerprint density at radius 1 is 1.25 bits per heavy atom. The zero-order valence-electron chi connectivity index (χ0n) is 12.4. The monoisotopic (exact) mass is 284 g/mol. The minimum Gasteiger partial charge on any atom is -0.497 e.